The first kappa shape index (κ1) is 35.8. The highest BCUT2D eigenvalue weighted by Crippen LogP contribution is 2.41. The molecule has 1 saturated heterocycles. The largest absolute Gasteiger partial charge is 0.504 e. The number of hydrogen-bond donors (Lipinski definition) is 1. The van der Waals surface area contributed by atoms with Crippen molar-refractivity contribution in [2.45, 2.75) is 39.5 Å². The lowest BCUT2D eigenvalue weighted by molar-refractivity contribution is -0.0107. The average Bonchev–Trinajstić information content (AvgIpc) is 3.03. The second-order valence-corrected chi connectivity index (χ2v) is 13.0. The number of phenols is 1. The van der Waals surface area contributed by atoms with Gasteiger partial charge in [0.1, 0.15) is 0 Å². The molecular formula is C35H46Cl4N4O2. The molecule has 1 fully saturated rings. The highest BCUT2D eigenvalue weighted by Gasteiger charge is 2.34. The highest BCUT2D eigenvalue weighted by atomic mass is 35.5. The fourth-order valence-electron chi connectivity index (χ4n) is 6.28. The number of anilines is 2. The minimum Gasteiger partial charge on any atom is -0.504 e. The Labute approximate surface area is 289 Å². The molecule has 1 aliphatic rings. The van der Waals surface area contributed by atoms with Crippen molar-refractivity contribution in [3.05, 3.63) is 82.4 Å². The topological polar surface area (TPSA) is 42.4 Å². The van der Waals surface area contributed by atoms with Crippen molar-refractivity contribution in [1.82, 2.24) is 9.80 Å². The molecule has 3 aromatic rings. The zero-order valence-corrected chi connectivity index (χ0v) is 29.6. The van der Waals surface area contributed by atoms with Crippen molar-refractivity contribution < 1.29 is 9.84 Å². The maximum atomic E-state index is 11.4. The molecule has 3 aromatic carbocycles. The second-order valence-electron chi connectivity index (χ2n) is 11.5. The number of ether oxygens (including phenoxy) is 1. The summed E-state index contributed by atoms with van der Waals surface area (Å²) >= 11 is 24.3. The molecule has 0 radical (unpaired) electrons. The lowest BCUT2D eigenvalue weighted by Crippen LogP contribution is -2.47. The van der Waals surface area contributed by atoms with Gasteiger partial charge in [0.25, 0.3) is 0 Å². The van der Waals surface area contributed by atoms with Crippen LogP contribution < -0.4 is 14.5 Å². The molecule has 4 rings (SSSR count). The number of halogens is 4. The molecule has 0 aliphatic carbocycles. The van der Waals surface area contributed by atoms with Crippen molar-refractivity contribution in [1.29, 1.82) is 0 Å². The number of rotatable bonds is 16. The van der Waals surface area contributed by atoms with Crippen molar-refractivity contribution in [3.63, 3.8) is 0 Å². The molecule has 1 N–H and O–H groups in total. The summed E-state index contributed by atoms with van der Waals surface area (Å²) in [5, 5.41) is 11.4. The van der Waals surface area contributed by atoms with E-state index in [1.807, 2.05) is 18.2 Å². The highest BCUT2D eigenvalue weighted by molar-refractivity contribution is 6.19. The monoisotopic (exact) mass is 694 g/mol. The summed E-state index contributed by atoms with van der Waals surface area (Å²) in [5.74, 6) is 2.87. The SMILES string of the molecule is COc1cccc(C2N(Cc3ccc(N(CCCl)CCCl)cc3C)CCCN2Cc2ccc(N(CCCl)CCCl)cc2C)c1O. The molecule has 1 heterocycles. The van der Waals surface area contributed by atoms with Gasteiger partial charge >= 0.3 is 0 Å². The van der Waals surface area contributed by atoms with Crippen LogP contribution in [0, 0.1) is 13.8 Å². The van der Waals surface area contributed by atoms with Crippen molar-refractivity contribution in [2.24, 2.45) is 0 Å². The van der Waals surface area contributed by atoms with E-state index in [1.165, 1.54) is 22.3 Å². The van der Waals surface area contributed by atoms with Crippen LogP contribution in [0.1, 0.15) is 40.4 Å². The van der Waals surface area contributed by atoms with Gasteiger partial charge in [-0.05, 0) is 72.9 Å². The maximum Gasteiger partial charge on any atom is 0.163 e. The Balaban J connectivity index is 1.66. The number of alkyl halides is 4. The van der Waals surface area contributed by atoms with Gasteiger partial charge in [-0.25, -0.2) is 0 Å². The molecule has 10 heteroatoms. The van der Waals surface area contributed by atoms with Crippen LogP contribution in [0.4, 0.5) is 11.4 Å². The van der Waals surface area contributed by atoms with E-state index >= 15 is 0 Å². The fraction of sp³-hybridized carbons (Fsp3) is 0.486. The zero-order valence-electron chi connectivity index (χ0n) is 26.6. The summed E-state index contributed by atoms with van der Waals surface area (Å²) in [6, 6.07) is 19.0. The molecule has 0 spiro atoms. The second kappa shape index (κ2) is 17.7. The zero-order chi connectivity index (χ0) is 32.3. The fourth-order valence-corrected chi connectivity index (χ4v) is 7.10. The first-order valence-electron chi connectivity index (χ1n) is 15.6. The lowest BCUT2D eigenvalue weighted by Gasteiger charge is -2.45. The van der Waals surface area contributed by atoms with Crippen molar-refractivity contribution >= 4 is 57.8 Å². The normalized spacial score (nSPS) is 14.6. The molecular weight excluding hydrogens is 650 g/mol. The molecule has 0 saturated carbocycles. The first-order chi connectivity index (χ1) is 21.8. The molecule has 0 atom stereocenters. The molecule has 0 amide bonds. The van der Waals surface area contributed by atoms with Crippen LogP contribution in [-0.2, 0) is 13.1 Å². The van der Waals surface area contributed by atoms with E-state index in [0.29, 0.717) is 29.3 Å². The third kappa shape index (κ3) is 9.06. The molecule has 0 aromatic heterocycles. The summed E-state index contributed by atoms with van der Waals surface area (Å²) in [6.07, 6.45) is 0.883. The van der Waals surface area contributed by atoms with E-state index in [-0.39, 0.29) is 11.9 Å². The quantitative estimate of drug-likeness (QED) is 0.153. The van der Waals surface area contributed by atoms with Crippen LogP contribution in [0.15, 0.2) is 54.6 Å². The van der Waals surface area contributed by atoms with Gasteiger partial charge in [-0.2, -0.15) is 0 Å². The number of nitrogens with zero attached hydrogens (tertiary/aromatic N) is 4. The van der Waals surface area contributed by atoms with Crippen LogP contribution >= 0.6 is 46.4 Å². The Morgan fingerprint density at radius 2 is 1.20 bits per heavy atom. The molecule has 246 valence electrons. The van der Waals surface area contributed by atoms with Crippen LogP contribution in [0.5, 0.6) is 11.5 Å². The minimum absolute atomic E-state index is 0.139. The third-order valence-electron chi connectivity index (χ3n) is 8.66. The Hall–Kier alpha value is -2.06. The molecule has 6 nitrogen and oxygen atoms in total. The van der Waals surface area contributed by atoms with Gasteiger partial charge in [-0.15, -0.1) is 46.4 Å². The van der Waals surface area contributed by atoms with Gasteiger partial charge < -0.3 is 19.6 Å². The molecule has 0 unspecified atom stereocenters. The van der Waals surface area contributed by atoms with Gasteiger partial charge in [-0.1, -0.05) is 24.3 Å². The molecule has 0 bridgehead atoms. The number of aryl methyl sites for hydroxylation is 2. The van der Waals surface area contributed by atoms with E-state index in [0.717, 1.165) is 75.7 Å². The Morgan fingerprint density at radius 3 is 1.60 bits per heavy atom. The van der Waals surface area contributed by atoms with Gasteiger partial charge in [0.15, 0.2) is 11.5 Å². The minimum atomic E-state index is -0.139. The van der Waals surface area contributed by atoms with Crippen LogP contribution in [0.2, 0.25) is 0 Å². The van der Waals surface area contributed by atoms with E-state index in [9.17, 15) is 5.11 Å². The summed E-state index contributed by atoms with van der Waals surface area (Å²) in [5.41, 5.74) is 8.06. The van der Waals surface area contributed by atoms with Gasteiger partial charge in [0, 0.05) is 92.8 Å². The number of hydrogen-bond acceptors (Lipinski definition) is 6. The van der Waals surface area contributed by atoms with E-state index in [1.54, 1.807) is 7.11 Å². The lowest BCUT2D eigenvalue weighted by atomic mass is 10.00. The number of methoxy groups -OCH3 is 1. The Bertz CT molecular complexity index is 1290. The third-order valence-corrected chi connectivity index (χ3v) is 9.33. The summed E-state index contributed by atoms with van der Waals surface area (Å²) < 4.78 is 5.54. The van der Waals surface area contributed by atoms with Crippen molar-refractivity contribution in [2.75, 3.05) is 79.7 Å². The van der Waals surface area contributed by atoms with Crippen LogP contribution in [0.3, 0.4) is 0 Å². The van der Waals surface area contributed by atoms with Gasteiger partial charge in [0.2, 0.25) is 0 Å². The summed E-state index contributed by atoms with van der Waals surface area (Å²) in [7, 11) is 1.60. The van der Waals surface area contributed by atoms with E-state index in [2.05, 4.69) is 69.8 Å². The smallest absolute Gasteiger partial charge is 0.163 e. The van der Waals surface area contributed by atoms with Gasteiger partial charge in [0.05, 0.1) is 13.3 Å². The number of para-hydroxylation sites is 1. The van der Waals surface area contributed by atoms with Gasteiger partial charge in [-0.3, -0.25) is 9.80 Å². The number of aromatic hydroxyl groups is 1. The number of benzene rings is 3. The van der Waals surface area contributed by atoms with Crippen LogP contribution in [0.25, 0.3) is 0 Å². The average molecular weight is 697 g/mol. The first-order valence-corrected chi connectivity index (χ1v) is 17.8. The summed E-state index contributed by atoms with van der Waals surface area (Å²) in [6.45, 7) is 10.7. The Kier molecular flexibility index (Phi) is 14.1. The Morgan fingerprint density at radius 1 is 0.733 bits per heavy atom. The molecule has 1 aliphatic heterocycles. The standard InChI is InChI=1S/C35H46Cl4N4O2/c1-26-22-30(40(18-12-36)19-13-37)10-8-28(26)24-42-16-5-17-43(35(42)32-6-4-7-33(45-3)34(32)44)25-29-9-11-31(23-27(29)2)41(20-14-38)21-15-39/h4,6-11,22-23,35,44H,5,12-21,24-25H2,1-3H3. The van der Waals surface area contributed by atoms with E-state index < -0.39 is 0 Å². The van der Waals surface area contributed by atoms with Crippen LogP contribution in [-0.4, -0.2) is 84.8 Å². The predicted molar refractivity (Wildman–Crippen MR) is 193 cm³/mol. The molecule has 45 heavy (non-hydrogen) atoms. The van der Waals surface area contributed by atoms with Crippen molar-refractivity contribution in [3.8, 4) is 11.5 Å². The predicted octanol–water partition coefficient (Wildman–Crippen LogP) is 7.99. The summed E-state index contributed by atoms with van der Waals surface area (Å²) in [4.78, 5) is 9.41. The van der Waals surface area contributed by atoms with E-state index in [4.69, 9.17) is 51.1 Å². The number of phenolic OH excluding ortho intramolecular Hbond substituents is 1. The maximum absolute atomic E-state index is 11.4.